The van der Waals surface area contributed by atoms with Gasteiger partial charge in [-0.25, -0.2) is 18.7 Å². The van der Waals surface area contributed by atoms with Crippen LogP contribution >= 0.6 is 0 Å². The highest BCUT2D eigenvalue weighted by molar-refractivity contribution is 5.65. The molecule has 4 aromatic rings. The van der Waals surface area contributed by atoms with Crippen molar-refractivity contribution in [2.24, 2.45) is 0 Å². The van der Waals surface area contributed by atoms with Crippen molar-refractivity contribution in [1.29, 1.82) is 0 Å². The van der Waals surface area contributed by atoms with Crippen molar-refractivity contribution in [2.45, 2.75) is 13.6 Å². The van der Waals surface area contributed by atoms with E-state index in [1.165, 1.54) is 12.3 Å². The van der Waals surface area contributed by atoms with Crippen LogP contribution in [-0.2, 0) is 6.67 Å². The van der Waals surface area contributed by atoms with Gasteiger partial charge in [-0.2, -0.15) is 0 Å². The first kappa shape index (κ1) is 16.1. The van der Waals surface area contributed by atoms with Gasteiger partial charge in [0.25, 0.3) is 0 Å². The molecule has 3 aromatic heterocycles. The van der Waals surface area contributed by atoms with Crippen LogP contribution in [0.15, 0.2) is 55.0 Å². The highest BCUT2D eigenvalue weighted by atomic mass is 19.1. The summed E-state index contributed by atoms with van der Waals surface area (Å²) in [5, 5.41) is 3.14. The first-order valence-electron chi connectivity index (χ1n) is 8.02. The number of pyridine rings is 1. The van der Waals surface area contributed by atoms with Crippen LogP contribution in [0.25, 0.3) is 17.0 Å². The highest BCUT2D eigenvalue weighted by Crippen LogP contribution is 2.25. The van der Waals surface area contributed by atoms with Crippen molar-refractivity contribution in [3.63, 3.8) is 0 Å². The minimum Gasteiger partial charge on any atom is -0.339 e. The molecule has 4 rings (SSSR count). The van der Waals surface area contributed by atoms with E-state index < -0.39 is 6.67 Å². The standard InChI is InChI=1S/C19H15F2N5/c1-12-19(26-11-14(21)4-7-18(26)23-12)16-9-22-10-17(25-16)24-15-5-2-13(8-20)3-6-15/h2-7,9-11H,8H2,1H3,(H,24,25). The molecule has 0 radical (unpaired) electrons. The molecule has 0 spiro atoms. The molecule has 0 fully saturated rings. The van der Waals surface area contributed by atoms with E-state index in [-0.39, 0.29) is 5.82 Å². The summed E-state index contributed by atoms with van der Waals surface area (Å²) in [5.74, 6) is 0.174. The van der Waals surface area contributed by atoms with E-state index in [4.69, 9.17) is 0 Å². The van der Waals surface area contributed by atoms with Gasteiger partial charge in [0.05, 0.1) is 23.8 Å². The number of nitrogens with zero attached hydrogens (tertiary/aromatic N) is 4. The molecule has 0 aliphatic carbocycles. The first-order valence-corrected chi connectivity index (χ1v) is 8.02. The Balaban J connectivity index is 1.71. The molecule has 7 heteroatoms. The molecule has 0 saturated carbocycles. The molecule has 3 heterocycles. The van der Waals surface area contributed by atoms with E-state index in [1.54, 1.807) is 47.1 Å². The monoisotopic (exact) mass is 351 g/mol. The summed E-state index contributed by atoms with van der Waals surface area (Å²) in [6.07, 6.45) is 4.58. The molecule has 0 unspecified atom stereocenters. The van der Waals surface area contributed by atoms with Gasteiger partial charge in [0.1, 0.15) is 29.7 Å². The zero-order valence-electron chi connectivity index (χ0n) is 13.9. The molecular weight excluding hydrogens is 336 g/mol. The van der Waals surface area contributed by atoms with E-state index >= 15 is 0 Å². The summed E-state index contributed by atoms with van der Waals surface area (Å²) in [4.78, 5) is 13.2. The number of halogens is 2. The Bertz CT molecular complexity index is 1070. The van der Waals surface area contributed by atoms with Crippen molar-refractivity contribution in [3.8, 4) is 11.4 Å². The van der Waals surface area contributed by atoms with Crippen LogP contribution in [0.1, 0.15) is 11.3 Å². The SMILES string of the molecule is Cc1nc2ccc(F)cn2c1-c1cncc(Nc2ccc(CF)cc2)n1. The number of benzene rings is 1. The molecule has 0 atom stereocenters. The number of rotatable bonds is 4. The largest absolute Gasteiger partial charge is 0.339 e. The van der Waals surface area contributed by atoms with Crippen molar-refractivity contribution in [2.75, 3.05) is 5.32 Å². The predicted octanol–water partition coefficient (Wildman–Crippen LogP) is 4.45. The second-order valence-electron chi connectivity index (χ2n) is 5.87. The Kier molecular flexibility index (Phi) is 4.04. The third kappa shape index (κ3) is 2.99. The van der Waals surface area contributed by atoms with Gasteiger partial charge in [0, 0.05) is 11.9 Å². The lowest BCUT2D eigenvalue weighted by molar-refractivity contribution is 0.485. The number of fused-ring (bicyclic) bond motifs is 1. The fourth-order valence-corrected chi connectivity index (χ4v) is 2.81. The average molecular weight is 351 g/mol. The normalized spacial score (nSPS) is 11.0. The maximum Gasteiger partial charge on any atom is 0.149 e. The Morgan fingerprint density at radius 2 is 1.85 bits per heavy atom. The number of aryl methyl sites for hydroxylation is 1. The Morgan fingerprint density at radius 3 is 2.62 bits per heavy atom. The Labute approximate surface area is 148 Å². The van der Waals surface area contributed by atoms with E-state index in [9.17, 15) is 8.78 Å². The summed E-state index contributed by atoms with van der Waals surface area (Å²) in [7, 11) is 0. The zero-order chi connectivity index (χ0) is 18.1. The first-order chi connectivity index (χ1) is 12.6. The van der Waals surface area contributed by atoms with Gasteiger partial charge in [0.15, 0.2) is 0 Å². The number of alkyl halides is 1. The molecule has 1 aromatic carbocycles. The summed E-state index contributed by atoms with van der Waals surface area (Å²) in [5.41, 5.74) is 4.01. The maximum atomic E-state index is 13.6. The van der Waals surface area contributed by atoms with E-state index in [2.05, 4.69) is 20.3 Å². The number of imidazole rings is 1. The van der Waals surface area contributed by atoms with Crippen molar-refractivity contribution < 1.29 is 8.78 Å². The number of anilines is 2. The summed E-state index contributed by atoms with van der Waals surface area (Å²) < 4.78 is 27.9. The zero-order valence-corrected chi connectivity index (χ0v) is 13.9. The Hall–Kier alpha value is -3.35. The quantitative estimate of drug-likeness (QED) is 0.590. The number of hydrogen-bond donors (Lipinski definition) is 1. The third-order valence-corrected chi connectivity index (χ3v) is 4.01. The molecule has 0 saturated heterocycles. The van der Waals surface area contributed by atoms with Gasteiger partial charge in [-0.05, 0) is 36.8 Å². The maximum absolute atomic E-state index is 13.6. The van der Waals surface area contributed by atoms with Crippen LogP contribution in [-0.4, -0.2) is 19.4 Å². The molecule has 130 valence electrons. The third-order valence-electron chi connectivity index (χ3n) is 4.01. The summed E-state index contributed by atoms with van der Waals surface area (Å²) >= 11 is 0. The summed E-state index contributed by atoms with van der Waals surface area (Å²) in [6.45, 7) is 1.34. The number of aromatic nitrogens is 4. The molecule has 0 bridgehead atoms. The lowest BCUT2D eigenvalue weighted by Crippen LogP contribution is -1.99. The smallest absolute Gasteiger partial charge is 0.149 e. The fraction of sp³-hybridized carbons (Fsp3) is 0.105. The second kappa shape index (κ2) is 6.51. The van der Waals surface area contributed by atoms with Gasteiger partial charge in [-0.3, -0.25) is 9.38 Å². The molecule has 1 N–H and O–H groups in total. The highest BCUT2D eigenvalue weighted by Gasteiger charge is 2.14. The molecular formula is C19H15F2N5. The summed E-state index contributed by atoms with van der Waals surface area (Å²) in [6, 6.07) is 9.95. The van der Waals surface area contributed by atoms with Crippen LogP contribution in [0.4, 0.5) is 20.3 Å². The van der Waals surface area contributed by atoms with E-state index in [0.717, 1.165) is 11.4 Å². The van der Waals surface area contributed by atoms with Crippen LogP contribution in [0.3, 0.4) is 0 Å². The average Bonchev–Trinajstić information content (AvgIpc) is 2.97. The second-order valence-corrected chi connectivity index (χ2v) is 5.87. The van der Waals surface area contributed by atoms with Crippen LogP contribution in [0.2, 0.25) is 0 Å². The fourth-order valence-electron chi connectivity index (χ4n) is 2.81. The predicted molar refractivity (Wildman–Crippen MR) is 95.4 cm³/mol. The van der Waals surface area contributed by atoms with Gasteiger partial charge in [-0.1, -0.05) is 12.1 Å². The Morgan fingerprint density at radius 1 is 1.04 bits per heavy atom. The minimum absolute atomic E-state index is 0.355. The van der Waals surface area contributed by atoms with Gasteiger partial charge in [0.2, 0.25) is 0 Å². The number of nitrogens with one attached hydrogen (secondary N) is 1. The molecule has 0 aliphatic heterocycles. The topological polar surface area (TPSA) is 55.1 Å². The van der Waals surface area contributed by atoms with E-state index in [0.29, 0.717) is 28.4 Å². The lowest BCUT2D eigenvalue weighted by Gasteiger charge is -2.08. The minimum atomic E-state index is -0.500. The van der Waals surface area contributed by atoms with Crippen molar-refractivity contribution >= 4 is 17.2 Å². The lowest BCUT2D eigenvalue weighted by atomic mass is 10.2. The van der Waals surface area contributed by atoms with Crippen LogP contribution in [0, 0.1) is 12.7 Å². The van der Waals surface area contributed by atoms with Gasteiger partial charge >= 0.3 is 0 Å². The van der Waals surface area contributed by atoms with Crippen LogP contribution < -0.4 is 5.32 Å². The molecule has 5 nitrogen and oxygen atoms in total. The van der Waals surface area contributed by atoms with Crippen molar-refractivity contribution in [3.05, 3.63) is 72.1 Å². The molecule has 0 amide bonds. The van der Waals surface area contributed by atoms with Crippen LogP contribution in [0.5, 0.6) is 0 Å². The van der Waals surface area contributed by atoms with Gasteiger partial charge < -0.3 is 5.32 Å². The van der Waals surface area contributed by atoms with Crippen molar-refractivity contribution in [1.82, 2.24) is 19.4 Å². The molecule has 26 heavy (non-hydrogen) atoms. The van der Waals surface area contributed by atoms with Gasteiger partial charge in [-0.15, -0.1) is 0 Å². The molecule has 0 aliphatic rings. The van der Waals surface area contributed by atoms with E-state index in [1.807, 2.05) is 6.92 Å². The number of hydrogen-bond acceptors (Lipinski definition) is 4.